The van der Waals surface area contributed by atoms with E-state index >= 15 is 0 Å². The fourth-order valence-corrected chi connectivity index (χ4v) is 1.51. The van der Waals surface area contributed by atoms with Crippen molar-refractivity contribution < 1.29 is 22.9 Å². The van der Waals surface area contributed by atoms with Crippen molar-refractivity contribution in [1.82, 2.24) is 0 Å². The third kappa shape index (κ3) is 4.23. The molecule has 0 aliphatic carbocycles. The molecule has 0 unspecified atom stereocenters. The fraction of sp³-hybridized carbons (Fsp3) is 0.364. The van der Waals surface area contributed by atoms with E-state index in [1.165, 1.54) is 18.0 Å². The maximum absolute atomic E-state index is 12.1. The molecule has 1 aromatic rings. The van der Waals surface area contributed by atoms with Gasteiger partial charge in [0.2, 0.25) is 0 Å². The highest BCUT2D eigenvalue weighted by Crippen LogP contribution is 2.26. The molecule has 5 nitrogen and oxygen atoms in total. The quantitative estimate of drug-likeness (QED) is 0.471. The highest BCUT2D eigenvalue weighted by Gasteiger charge is 2.27. The molecule has 0 spiro atoms. The molecule has 1 aromatic carbocycles. The van der Waals surface area contributed by atoms with Gasteiger partial charge < -0.3 is 4.90 Å². The van der Waals surface area contributed by atoms with Crippen molar-refractivity contribution in [3.8, 4) is 0 Å². The van der Waals surface area contributed by atoms with Gasteiger partial charge in [-0.25, -0.2) is 0 Å². The maximum atomic E-state index is 12.1. The molecular weight excluding hydrogens is 265 g/mol. The first-order valence-corrected chi connectivity index (χ1v) is 5.26. The number of nitro groups is 1. The Bertz CT molecular complexity index is 489. The van der Waals surface area contributed by atoms with E-state index in [1.807, 2.05) is 0 Å². The van der Waals surface area contributed by atoms with Crippen LogP contribution < -0.4 is 4.90 Å². The van der Waals surface area contributed by atoms with Crippen molar-refractivity contribution in [3.63, 3.8) is 0 Å². The highest BCUT2D eigenvalue weighted by atomic mass is 19.4. The number of benzene rings is 1. The largest absolute Gasteiger partial charge is 0.390 e. The molecule has 0 saturated carbocycles. The lowest BCUT2D eigenvalue weighted by Gasteiger charge is -2.21. The van der Waals surface area contributed by atoms with Crippen molar-refractivity contribution in [2.45, 2.75) is 12.6 Å². The SMILES string of the molecule is CN(CCC(F)(F)F)c1ccc([N+](=O)[O-])cc1C=O. The van der Waals surface area contributed by atoms with E-state index in [2.05, 4.69) is 0 Å². The van der Waals surface area contributed by atoms with E-state index in [0.29, 0.717) is 6.29 Å². The van der Waals surface area contributed by atoms with E-state index < -0.39 is 17.5 Å². The predicted octanol–water partition coefficient (Wildman–Crippen LogP) is 2.80. The van der Waals surface area contributed by atoms with E-state index in [-0.39, 0.29) is 23.5 Å². The summed E-state index contributed by atoms with van der Waals surface area (Å²) < 4.78 is 36.3. The van der Waals surface area contributed by atoms with Gasteiger partial charge in [0, 0.05) is 37.0 Å². The molecule has 0 N–H and O–H groups in total. The first-order chi connectivity index (χ1) is 8.74. The van der Waals surface area contributed by atoms with Gasteiger partial charge in [-0.05, 0) is 6.07 Å². The number of non-ortho nitro benzene ring substituents is 1. The molecule has 0 saturated heterocycles. The van der Waals surface area contributed by atoms with Crippen LogP contribution in [0.15, 0.2) is 18.2 Å². The summed E-state index contributed by atoms with van der Waals surface area (Å²) in [6.45, 7) is -0.331. The van der Waals surface area contributed by atoms with E-state index in [0.717, 1.165) is 12.1 Å². The molecule has 0 radical (unpaired) electrons. The lowest BCUT2D eigenvalue weighted by Crippen LogP contribution is -2.24. The first-order valence-electron chi connectivity index (χ1n) is 5.26. The molecule has 0 amide bonds. The van der Waals surface area contributed by atoms with Gasteiger partial charge in [-0.2, -0.15) is 13.2 Å². The minimum atomic E-state index is -4.30. The summed E-state index contributed by atoms with van der Waals surface area (Å²) in [5.74, 6) is 0. The van der Waals surface area contributed by atoms with Crippen molar-refractivity contribution in [2.24, 2.45) is 0 Å². The van der Waals surface area contributed by atoms with Crippen LogP contribution in [0.1, 0.15) is 16.8 Å². The smallest absolute Gasteiger partial charge is 0.374 e. The topological polar surface area (TPSA) is 63.4 Å². The van der Waals surface area contributed by atoms with E-state index in [1.54, 1.807) is 0 Å². The summed E-state index contributed by atoms with van der Waals surface area (Å²) in [7, 11) is 1.39. The van der Waals surface area contributed by atoms with Gasteiger partial charge in [0.05, 0.1) is 11.3 Å². The van der Waals surface area contributed by atoms with Crippen LogP contribution in [-0.4, -0.2) is 31.0 Å². The fourth-order valence-electron chi connectivity index (χ4n) is 1.51. The molecule has 8 heteroatoms. The second-order valence-corrected chi connectivity index (χ2v) is 3.90. The van der Waals surface area contributed by atoms with Crippen LogP contribution in [0.25, 0.3) is 0 Å². The Morgan fingerprint density at radius 1 is 1.42 bits per heavy atom. The molecule has 0 aromatic heterocycles. The molecule has 0 atom stereocenters. The second-order valence-electron chi connectivity index (χ2n) is 3.90. The predicted molar refractivity (Wildman–Crippen MR) is 62.4 cm³/mol. The number of anilines is 1. The highest BCUT2D eigenvalue weighted by molar-refractivity contribution is 5.85. The van der Waals surface area contributed by atoms with Crippen molar-refractivity contribution in [1.29, 1.82) is 0 Å². The summed E-state index contributed by atoms with van der Waals surface area (Å²) in [5.41, 5.74) is -0.0706. The van der Waals surface area contributed by atoms with Crippen LogP contribution in [-0.2, 0) is 0 Å². The zero-order valence-corrected chi connectivity index (χ0v) is 9.98. The number of nitro benzene ring substituents is 1. The molecule has 0 aliphatic rings. The third-order valence-electron chi connectivity index (χ3n) is 2.49. The average Bonchev–Trinajstić information content (AvgIpc) is 2.34. The van der Waals surface area contributed by atoms with Gasteiger partial charge >= 0.3 is 6.18 Å². The Kier molecular flexibility index (Phi) is 4.47. The van der Waals surface area contributed by atoms with E-state index in [9.17, 15) is 28.1 Å². The zero-order chi connectivity index (χ0) is 14.6. The number of hydrogen-bond donors (Lipinski definition) is 0. The molecule has 0 fully saturated rings. The number of carbonyl (C=O) groups excluding carboxylic acids is 1. The van der Waals surface area contributed by atoms with Crippen LogP contribution in [0.5, 0.6) is 0 Å². The van der Waals surface area contributed by atoms with Crippen molar-refractivity contribution in [2.75, 3.05) is 18.5 Å². The van der Waals surface area contributed by atoms with Gasteiger partial charge in [-0.15, -0.1) is 0 Å². The number of carbonyl (C=O) groups is 1. The molecule has 0 aliphatic heterocycles. The van der Waals surface area contributed by atoms with Crippen molar-refractivity contribution in [3.05, 3.63) is 33.9 Å². The Hall–Kier alpha value is -2.12. The van der Waals surface area contributed by atoms with Gasteiger partial charge in [0.25, 0.3) is 5.69 Å². The van der Waals surface area contributed by atoms with Crippen LogP contribution in [0.3, 0.4) is 0 Å². The van der Waals surface area contributed by atoms with Crippen LogP contribution in [0, 0.1) is 10.1 Å². The number of alkyl halides is 3. The Morgan fingerprint density at radius 3 is 2.53 bits per heavy atom. The summed E-state index contributed by atoms with van der Waals surface area (Å²) in [4.78, 5) is 21.9. The lowest BCUT2D eigenvalue weighted by atomic mass is 10.1. The normalized spacial score (nSPS) is 11.2. The molecule has 0 heterocycles. The third-order valence-corrected chi connectivity index (χ3v) is 2.49. The molecule has 104 valence electrons. The standard InChI is InChI=1S/C11H11F3N2O3/c1-15(5-4-11(12,13)14)10-3-2-9(16(18)19)6-8(10)7-17/h2-3,6-7H,4-5H2,1H3. The summed E-state index contributed by atoms with van der Waals surface area (Å²) in [6, 6.07) is 3.44. The second kappa shape index (κ2) is 5.68. The number of hydrogen-bond acceptors (Lipinski definition) is 4. The monoisotopic (exact) mass is 276 g/mol. The van der Waals surface area contributed by atoms with Gasteiger partial charge in [0.15, 0.2) is 6.29 Å². The summed E-state index contributed by atoms with van der Waals surface area (Å²) >= 11 is 0. The lowest BCUT2D eigenvalue weighted by molar-refractivity contribution is -0.384. The zero-order valence-electron chi connectivity index (χ0n) is 9.98. The van der Waals surface area contributed by atoms with Crippen LogP contribution in [0.4, 0.5) is 24.5 Å². The van der Waals surface area contributed by atoms with Crippen LogP contribution >= 0.6 is 0 Å². The molecule has 1 rings (SSSR count). The van der Waals surface area contributed by atoms with Gasteiger partial charge in [-0.3, -0.25) is 14.9 Å². The van der Waals surface area contributed by atoms with E-state index in [4.69, 9.17) is 0 Å². The number of rotatable bonds is 5. The summed E-state index contributed by atoms with van der Waals surface area (Å²) in [6.07, 6.45) is -4.94. The Labute approximate surface area is 106 Å². The van der Waals surface area contributed by atoms with Crippen molar-refractivity contribution >= 4 is 17.7 Å². The maximum Gasteiger partial charge on any atom is 0.390 e. The number of nitrogens with zero attached hydrogens (tertiary/aromatic N) is 2. The molecule has 19 heavy (non-hydrogen) atoms. The average molecular weight is 276 g/mol. The number of halogens is 3. The minimum absolute atomic E-state index is 0.0149. The minimum Gasteiger partial charge on any atom is -0.374 e. The number of aldehydes is 1. The van der Waals surface area contributed by atoms with Gasteiger partial charge in [0.1, 0.15) is 0 Å². The van der Waals surface area contributed by atoms with Crippen LogP contribution in [0.2, 0.25) is 0 Å². The molecular formula is C11H11F3N2O3. The first kappa shape index (κ1) is 14.9. The Morgan fingerprint density at radius 2 is 2.05 bits per heavy atom. The summed E-state index contributed by atoms with van der Waals surface area (Å²) in [5, 5.41) is 10.5. The van der Waals surface area contributed by atoms with Gasteiger partial charge in [-0.1, -0.05) is 0 Å². The molecule has 0 bridgehead atoms. The Balaban J connectivity index is 2.93.